The number of rotatable bonds is 3. The maximum Gasteiger partial charge on any atom is 0.231 e. The summed E-state index contributed by atoms with van der Waals surface area (Å²) in [5, 5.41) is 11.7. The Hall–Kier alpha value is -3.06. The minimum Gasteiger partial charge on any atom is -0.307 e. The lowest BCUT2D eigenvalue weighted by Gasteiger charge is -2.05. The molecule has 23 heavy (non-hydrogen) atoms. The van der Waals surface area contributed by atoms with Crippen molar-refractivity contribution in [3.05, 3.63) is 54.1 Å². The van der Waals surface area contributed by atoms with Gasteiger partial charge in [0.2, 0.25) is 5.95 Å². The molecular weight excluding hydrogens is 314 g/mol. The summed E-state index contributed by atoms with van der Waals surface area (Å²) < 4.78 is 0. The lowest BCUT2D eigenvalue weighted by molar-refractivity contribution is 1.05. The van der Waals surface area contributed by atoms with Crippen LogP contribution in [0.25, 0.3) is 22.3 Å². The van der Waals surface area contributed by atoms with Crippen LogP contribution in [-0.2, 0) is 0 Å². The molecule has 7 nitrogen and oxygen atoms in total. The van der Waals surface area contributed by atoms with Gasteiger partial charge in [-0.2, -0.15) is 10.1 Å². The van der Waals surface area contributed by atoms with Crippen LogP contribution in [0.5, 0.6) is 0 Å². The number of anilines is 2. The van der Waals surface area contributed by atoms with Gasteiger partial charge < -0.3 is 5.32 Å². The molecule has 3 heterocycles. The number of nitrogens with one attached hydrogen (secondary N) is 2. The summed E-state index contributed by atoms with van der Waals surface area (Å²) in [5.74, 6) is 1.51. The summed E-state index contributed by atoms with van der Waals surface area (Å²) in [7, 11) is 0. The minimum absolute atomic E-state index is 0.389. The van der Waals surface area contributed by atoms with Gasteiger partial charge in [-0.15, -0.1) is 0 Å². The van der Waals surface area contributed by atoms with E-state index >= 15 is 0 Å². The van der Waals surface area contributed by atoms with Gasteiger partial charge in [0, 0.05) is 17.1 Å². The standard InChI is InChI=1S/C15H10ClN7/c16-11-4-2-1-3-9(11)13-18-8-19-15(20-13)21-14-10-5-6-17-7-12(10)22-23-14/h1-8H,(H2,18,19,20,21,22,23). The molecule has 0 spiro atoms. The van der Waals surface area contributed by atoms with Gasteiger partial charge in [0.05, 0.1) is 16.7 Å². The summed E-state index contributed by atoms with van der Waals surface area (Å²) in [5.41, 5.74) is 1.58. The van der Waals surface area contributed by atoms with E-state index in [0.29, 0.717) is 22.6 Å². The Morgan fingerprint density at radius 1 is 1.09 bits per heavy atom. The summed E-state index contributed by atoms with van der Waals surface area (Å²) in [6, 6.07) is 9.25. The van der Waals surface area contributed by atoms with Crippen molar-refractivity contribution in [2.45, 2.75) is 0 Å². The van der Waals surface area contributed by atoms with E-state index in [9.17, 15) is 0 Å². The number of fused-ring (bicyclic) bond motifs is 1. The number of pyridine rings is 1. The average Bonchev–Trinajstić information content (AvgIpc) is 2.99. The van der Waals surface area contributed by atoms with E-state index in [0.717, 1.165) is 16.5 Å². The zero-order valence-corrected chi connectivity index (χ0v) is 12.5. The molecule has 4 rings (SSSR count). The maximum absolute atomic E-state index is 6.19. The summed E-state index contributed by atoms with van der Waals surface area (Å²) >= 11 is 6.19. The van der Waals surface area contributed by atoms with Crippen LogP contribution >= 0.6 is 11.6 Å². The molecule has 0 radical (unpaired) electrons. The van der Waals surface area contributed by atoms with Crippen LogP contribution < -0.4 is 5.32 Å². The monoisotopic (exact) mass is 323 g/mol. The van der Waals surface area contributed by atoms with Crippen LogP contribution in [0.1, 0.15) is 0 Å². The highest BCUT2D eigenvalue weighted by Gasteiger charge is 2.10. The average molecular weight is 324 g/mol. The van der Waals surface area contributed by atoms with Gasteiger partial charge in [0.15, 0.2) is 11.6 Å². The molecule has 1 aromatic carbocycles. The number of benzene rings is 1. The topological polar surface area (TPSA) is 92.3 Å². The quantitative estimate of drug-likeness (QED) is 0.601. The molecule has 0 saturated heterocycles. The normalized spacial score (nSPS) is 10.8. The van der Waals surface area contributed by atoms with Gasteiger partial charge in [0.1, 0.15) is 6.33 Å². The van der Waals surface area contributed by atoms with Gasteiger partial charge in [-0.3, -0.25) is 10.1 Å². The van der Waals surface area contributed by atoms with Gasteiger partial charge >= 0.3 is 0 Å². The molecule has 0 aliphatic rings. The molecule has 2 N–H and O–H groups in total. The summed E-state index contributed by atoms with van der Waals surface area (Å²) in [6.45, 7) is 0. The SMILES string of the molecule is Clc1ccccc1-c1ncnc(Nc2n[nH]c3cnccc23)n1. The number of aromatic nitrogens is 6. The first-order valence-corrected chi connectivity index (χ1v) is 7.18. The molecule has 112 valence electrons. The summed E-state index contributed by atoms with van der Waals surface area (Å²) in [6.07, 6.45) is 4.84. The largest absolute Gasteiger partial charge is 0.307 e. The van der Waals surface area contributed by atoms with Crippen LogP contribution in [0.15, 0.2) is 49.1 Å². The van der Waals surface area contributed by atoms with E-state index in [1.165, 1.54) is 6.33 Å². The van der Waals surface area contributed by atoms with Crippen molar-refractivity contribution in [3.8, 4) is 11.4 Å². The highest BCUT2D eigenvalue weighted by molar-refractivity contribution is 6.33. The van der Waals surface area contributed by atoms with Crippen molar-refractivity contribution in [2.24, 2.45) is 0 Å². The zero-order chi connectivity index (χ0) is 15.6. The summed E-state index contributed by atoms with van der Waals surface area (Å²) in [4.78, 5) is 16.7. The van der Waals surface area contributed by atoms with Crippen molar-refractivity contribution in [2.75, 3.05) is 5.32 Å². The van der Waals surface area contributed by atoms with Gasteiger partial charge in [-0.25, -0.2) is 9.97 Å². The molecule has 8 heteroatoms. The predicted octanol–water partition coefficient (Wildman–Crippen LogP) is 3.21. The number of nitrogens with zero attached hydrogens (tertiary/aromatic N) is 5. The fourth-order valence-corrected chi connectivity index (χ4v) is 2.42. The second kappa shape index (κ2) is 5.62. The van der Waals surface area contributed by atoms with Crippen LogP contribution in [0, 0.1) is 0 Å². The van der Waals surface area contributed by atoms with Gasteiger partial charge in [-0.05, 0) is 18.2 Å². The fourth-order valence-electron chi connectivity index (χ4n) is 2.20. The highest BCUT2D eigenvalue weighted by Crippen LogP contribution is 2.26. The third kappa shape index (κ3) is 2.58. The second-order valence-corrected chi connectivity index (χ2v) is 5.14. The van der Waals surface area contributed by atoms with Crippen LogP contribution in [0.2, 0.25) is 5.02 Å². The number of hydrogen-bond acceptors (Lipinski definition) is 6. The van der Waals surface area contributed by atoms with E-state index in [-0.39, 0.29) is 0 Å². The Kier molecular flexibility index (Phi) is 3.32. The second-order valence-electron chi connectivity index (χ2n) is 4.73. The molecule has 0 bridgehead atoms. The van der Waals surface area contributed by atoms with Crippen LogP contribution in [-0.4, -0.2) is 30.1 Å². The van der Waals surface area contributed by atoms with Gasteiger partial charge in [0.25, 0.3) is 0 Å². The van der Waals surface area contributed by atoms with Crippen molar-refractivity contribution < 1.29 is 0 Å². The predicted molar refractivity (Wildman–Crippen MR) is 87.4 cm³/mol. The smallest absolute Gasteiger partial charge is 0.231 e. The molecule has 0 fully saturated rings. The van der Waals surface area contributed by atoms with Crippen molar-refractivity contribution >= 4 is 34.3 Å². The fraction of sp³-hybridized carbons (Fsp3) is 0. The first-order valence-electron chi connectivity index (χ1n) is 6.80. The van der Waals surface area contributed by atoms with E-state index in [2.05, 4.69) is 35.5 Å². The lowest BCUT2D eigenvalue weighted by Crippen LogP contribution is -2.00. The Morgan fingerprint density at radius 3 is 2.91 bits per heavy atom. The Balaban J connectivity index is 1.71. The lowest BCUT2D eigenvalue weighted by atomic mass is 10.2. The third-order valence-electron chi connectivity index (χ3n) is 3.28. The molecule has 0 unspecified atom stereocenters. The van der Waals surface area contributed by atoms with E-state index in [1.807, 2.05) is 24.3 Å². The Morgan fingerprint density at radius 2 is 2.00 bits per heavy atom. The molecule has 0 atom stereocenters. The molecular formula is C15H10ClN7. The number of halogens is 1. The van der Waals surface area contributed by atoms with Crippen molar-refractivity contribution in [1.82, 2.24) is 30.1 Å². The molecule has 0 amide bonds. The molecule has 3 aromatic heterocycles. The van der Waals surface area contributed by atoms with Crippen molar-refractivity contribution in [3.63, 3.8) is 0 Å². The molecule has 0 aliphatic carbocycles. The number of aromatic amines is 1. The molecule has 0 aliphatic heterocycles. The molecule has 0 saturated carbocycles. The first kappa shape index (κ1) is 13.6. The van der Waals surface area contributed by atoms with E-state index in [4.69, 9.17) is 11.6 Å². The highest BCUT2D eigenvalue weighted by atomic mass is 35.5. The van der Waals surface area contributed by atoms with Gasteiger partial charge in [-0.1, -0.05) is 23.7 Å². The Labute approximate surface area is 135 Å². The number of H-pyrrole nitrogens is 1. The van der Waals surface area contributed by atoms with Crippen LogP contribution in [0.4, 0.5) is 11.8 Å². The van der Waals surface area contributed by atoms with Crippen molar-refractivity contribution in [1.29, 1.82) is 0 Å². The molecule has 4 aromatic rings. The Bertz CT molecular complexity index is 982. The number of hydrogen-bond donors (Lipinski definition) is 2. The van der Waals surface area contributed by atoms with Crippen LogP contribution in [0.3, 0.4) is 0 Å². The minimum atomic E-state index is 0.389. The zero-order valence-electron chi connectivity index (χ0n) is 11.7. The first-order chi connectivity index (χ1) is 11.3. The van der Waals surface area contributed by atoms with E-state index in [1.54, 1.807) is 18.5 Å². The maximum atomic E-state index is 6.19. The third-order valence-corrected chi connectivity index (χ3v) is 3.61. The van der Waals surface area contributed by atoms with E-state index < -0.39 is 0 Å².